The predicted molar refractivity (Wildman–Crippen MR) is 84.4 cm³/mol. The summed E-state index contributed by atoms with van der Waals surface area (Å²) in [6.45, 7) is 9.97. The molecule has 3 nitrogen and oxygen atoms in total. The highest BCUT2D eigenvalue weighted by Crippen LogP contribution is 2.24. The molecule has 0 saturated heterocycles. The van der Waals surface area contributed by atoms with Crippen LogP contribution in [0, 0.1) is 5.41 Å². The number of hydrogen-bond donors (Lipinski definition) is 2. The summed E-state index contributed by atoms with van der Waals surface area (Å²) >= 11 is 0. The van der Waals surface area contributed by atoms with Gasteiger partial charge in [-0.1, -0.05) is 32.9 Å². The lowest BCUT2D eigenvalue weighted by molar-refractivity contribution is 0.202. The van der Waals surface area contributed by atoms with Gasteiger partial charge in [0.25, 0.3) is 0 Å². The van der Waals surface area contributed by atoms with E-state index in [0.29, 0.717) is 12.0 Å². The van der Waals surface area contributed by atoms with Crippen LogP contribution in [0.15, 0.2) is 24.3 Å². The van der Waals surface area contributed by atoms with Gasteiger partial charge in [-0.05, 0) is 42.4 Å². The molecule has 114 valence electrons. The molecule has 0 bridgehead atoms. The van der Waals surface area contributed by atoms with Crippen molar-refractivity contribution in [3.8, 4) is 5.75 Å². The number of methoxy groups -OCH3 is 1. The van der Waals surface area contributed by atoms with Crippen molar-refractivity contribution in [3.63, 3.8) is 0 Å². The van der Waals surface area contributed by atoms with Gasteiger partial charge in [-0.2, -0.15) is 0 Å². The van der Waals surface area contributed by atoms with E-state index in [0.717, 1.165) is 18.7 Å². The molecule has 2 unspecified atom stereocenters. The van der Waals surface area contributed by atoms with Gasteiger partial charge in [0, 0.05) is 19.2 Å². The number of ether oxygens (including phenoxy) is 1. The maximum atomic E-state index is 9.06. The van der Waals surface area contributed by atoms with Gasteiger partial charge >= 0.3 is 0 Å². The minimum absolute atomic E-state index is 0.128. The first-order valence-corrected chi connectivity index (χ1v) is 7.38. The van der Waals surface area contributed by atoms with E-state index in [4.69, 9.17) is 9.84 Å². The van der Waals surface area contributed by atoms with Crippen LogP contribution in [0.1, 0.15) is 45.6 Å². The first kappa shape index (κ1) is 17.0. The van der Waals surface area contributed by atoms with Crippen LogP contribution in [-0.4, -0.2) is 31.4 Å². The number of nitrogens with one attached hydrogen (secondary N) is 1. The van der Waals surface area contributed by atoms with Crippen LogP contribution in [-0.2, 0) is 0 Å². The van der Waals surface area contributed by atoms with Crippen LogP contribution in [0.4, 0.5) is 0 Å². The Morgan fingerprint density at radius 1 is 1.20 bits per heavy atom. The summed E-state index contributed by atoms with van der Waals surface area (Å²) in [5, 5.41) is 12.7. The normalized spacial score (nSPS) is 14.9. The van der Waals surface area contributed by atoms with Crippen LogP contribution in [0.5, 0.6) is 5.75 Å². The molecule has 0 aliphatic rings. The van der Waals surface area contributed by atoms with Gasteiger partial charge in [-0.3, -0.25) is 0 Å². The second-order valence-corrected chi connectivity index (χ2v) is 6.37. The van der Waals surface area contributed by atoms with Crippen molar-refractivity contribution >= 4 is 0 Å². The largest absolute Gasteiger partial charge is 0.497 e. The Morgan fingerprint density at radius 2 is 1.80 bits per heavy atom. The van der Waals surface area contributed by atoms with Crippen molar-refractivity contribution < 1.29 is 9.84 Å². The molecular formula is C17H29NO2. The summed E-state index contributed by atoms with van der Waals surface area (Å²) in [4.78, 5) is 0. The zero-order valence-electron chi connectivity index (χ0n) is 13.4. The van der Waals surface area contributed by atoms with Crippen molar-refractivity contribution in [3.05, 3.63) is 29.8 Å². The van der Waals surface area contributed by atoms with Crippen LogP contribution in [0.3, 0.4) is 0 Å². The molecule has 0 spiro atoms. The summed E-state index contributed by atoms with van der Waals surface area (Å²) in [5.41, 5.74) is 1.44. The lowest BCUT2D eigenvalue weighted by Gasteiger charge is -2.29. The van der Waals surface area contributed by atoms with Gasteiger partial charge in [-0.15, -0.1) is 0 Å². The van der Waals surface area contributed by atoms with Gasteiger partial charge < -0.3 is 15.2 Å². The van der Waals surface area contributed by atoms with Crippen molar-refractivity contribution in [2.75, 3.05) is 20.3 Å². The maximum Gasteiger partial charge on any atom is 0.118 e. The summed E-state index contributed by atoms with van der Waals surface area (Å²) in [6.07, 6.45) is 0.823. The van der Waals surface area contributed by atoms with Crippen LogP contribution < -0.4 is 10.1 Å². The van der Waals surface area contributed by atoms with Crippen LogP contribution in [0.25, 0.3) is 0 Å². The lowest BCUT2D eigenvalue weighted by Crippen LogP contribution is -2.38. The maximum absolute atomic E-state index is 9.06. The topological polar surface area (TPSA) is 41.5 Å². The van der Waals surface area contributed by atoms with Gasteiger partial charge in [0.15, 0.2) is 0 Å². The highest BCUT2D eigenvalue weighted by Gasteiger charge is 2.20. The summed E-state index contributed by atoms with van der Waals surface area (Å²) in [5.74, 6) is 1.33. The molecule has 0 radical (unpaired) electrons. The van der Waals surface area contributed by atoms with Crippen molar-refractivity contribution in [2.24, 2.45) is 5.41 Å². The molecule has 2 atom stereocenters. The van der Waals surface area contributed by atoms with E-state index in [1.807, 2.05) is 12.1 Å². The molecule has 20 heavy (non-hydrogen) atoms. The second-order valence-electron chi connectivity index (χ2n) is 6.37. The molecule has 0 aromatic heterocycles. The standard InChI is InChI=1S/C17H29NO2/c1-13(15-6-8-16(20-5)9-7-15)14(2)18-12-17(3,4)10-11-19/h6-9,13-14,18-19H,10-12H2,1-5H3. The SMILES string of the molecule is COc1ccc(C(C)C(C)NCC(C)(C)CCO)cc1. The molecule has 0 fully saturated rings. The Labute approximate surface area is 123 Å². The van der Waals surface area contributed by atoms with Crippen molar-refractivity contribution in [2.45, 2.75) is 46.1 Å². The fourth-order valence-corrected chi connectivity index (χ4v) is 2.20. The fourth-order valence-electron chi connectivity index (χ4n) is 2.20. The highest BCUT2D eigenvalue weighted by molar-refractivity contribution is 5.29. The Hall–Kier alpha value is -1.06. The molecule has 0 amide bonds. The Bertz CT molecular complexity index is 386. The molecule has 0 aliphatic carbocycles. The second kappa shape index (κ2) is 7.65. The van der Waals surface area contributed by atoms with Crippen molar-refractivity contribution in [1.82, 2.24) is 5.32 Å². The monoisotopic (exact) mass is 279 g/mol. The molecule has 0 heterocycles. The average molecular weight is 279 g/mol. The number of aliphatic hydroxyl groups is 1. The smallest absolute Gasteiger partial charge is 0.118 e. The van der Waals surface area contributed by atoms with E-state index in [-0.39, 0.29) is 12.0 Å². The summed E-state index contributed by atoms with van der Waals surface area (Å²) in [6, 6.07) is 8.66. The van der Waals surface area contributed by atoms with Gasteiger partial charge in [0.1, 0.15) is 5.75 Å². The van der Waals surface area contributed by atoms with Gasteiger partial charge in [-0.25, -0.2) is 0 Å². The zero-order valence-corrected chi connectivity index (χ0v) is 13.4. The average Bonchev–Trinajstić information content (AvgIpc) is 2.44. The summed E-state index contributed by atoms with van der Waals surface area (Å²) in [7, 11) is 1.69. The minimum atomic E-state index is 0.128. The third-order valence-electron chi connectivity index (χ3n) is 4.08. The fraction of sp³-hybridized carbons (Fsp3) is 0.647. The van der Waals surface area contributed by atoms with E-state index in [1.165, 1.54) is 5.56 Å². The molecule has 3 heteroatoms. The lowest BCUT2D eigenvalue weighted by atomic mass is 9.88. The zero-order chi connectivity index (χ0) is 15.2. The first-order chi connectivity index (χ1) is 9.39. The van der Waals surface area contributed by atoms with Crippen molar-refractivity contribution in [1.29, 1.82) is 0 Å². The molecule has 0 aliphatic heterocycles. The number of hydrogen-bond acceptors (Lipinski definition) is 3. The van der Waals surface area contributed by atoms with E-state index >= 15 is 0 Å². The van der Waals surface area contributed by atoms with Crippen LogP contribution in [0.2, 0.25) is 0 Å². The highest BCUT2D eigenvalue weighted by atomic mass is 16.5. The minimum Gasteiger partial charge on any atom is -0.497 e. The van der Waals surface area contributed by atoms with E-state index in [9.17, 15) is 0 Å². The Kier molecular flexibility index (Phi) is 6.50. The number of rotatable bonds is 8. The molecule has 2 N–H and O–H groups in total. The molecular weight excluding hydrogens is 250 g/mol. The van der Waals surface area contributed by atoms with E-state index in [1.54, 1.807) is 7.11 Å². The van der Waals surface area contributed by atoms with E-state index in [2.05, 4.69) is 45.1 Å². The number of aliphatic hydroxyl groups excluding tert-OH is 1. The third-order valence-corrected chi connectivity index (χ3v) is 4.08. The van der Waals surface area contributed by atoms with Gasteiger partial charge in [0.2, 0.25) is 0 Å². The quantitative estimate of drug-likeness (QED) is 0.768. The van der Waals surface area contributed by atoms with Gasteiger partial charge in [0.05, 0.1) is 7.11 Å². The Balaban J connectivity index is 2.55. The Morgan fingerprint density at radius 3 is 2.30 bits per heavy atom. The molecule has 0 saturated carbocycles. The van der Waals surface area contributed by atoms with Crippen LogP contribution >= 0.6 is 0 Å². The predicted octanol–water partition coefficient (Wildman–Crippen LogP) is 3.19. The molecule has 1 aromatic carbocycles. The first-order valence-electron chi connectivity index (χ1n) is 7.38. The molecule has 1 aromatic rings. The van der Waals surface area contributed by atoms with E-state index < -0.39 is 0 Å². The third kappa shape index (κ3) is 5.14. The molecule has 1 rings (SSSR count). The number of benzene rings is 1. The summed E-state index contributed by atoms with van der Waals surface area (Å²) < 4.78 is 5.19.